The van der Waals surface area contributed by atoms with Gasteiger partial charge in [0.05, 0.1) is 0 Å². The molecule has 0 atom stereocenters. The van der Waals surface area contributed by atoms with Gasteiger partial charge in [-0.3, -0.25) is 4.79 Å². The molecule has 1 amide bonds. The molecule has 3 aromatic carbocycles. The fourth-order valence-corrected chi connectivity index (χ4v) is 4.34. The second kappa shape index (κ2) is 9.56. The highest BCUT2D eigenvalue weighted by Gasteiger charge is 2.16. The third kappa shape index (κ3) is 4.69. The van der Waals surface area contributed by atoms with Crippen LogP contribution in [-0.2, 0) is 11.3 Å². The fraction of sp³-hybridized carbons (Fsp3) is 0.0769. The molecule has 0 saturated heterocycles. The molecule has 4 rings (SSSR count). The lowest BCUT2D eigenvalue weighted by molar-refractivity contribution is -0.112. The smallest absolute Gasteiger partial charge is 0.266 e. The van der Waals surface area contributed by atoms with Gasteiger partial charge in [0.1, 0.15) is 11.6 Å². The van der Waals surface area contributed by atoms with Crippen molar-refractivity contribution in [3.8, 4) is 6.07 Å². The number of benzene rings is 3. The van der Waals surface area contributed by atoms with Crippen LogP contribution in [0.4, 0.5) is 5.69 Å². The van der Waals surface area contributed by atoms with Crippen LogP contribution in [-0.4, -0.2) is 10.5 Å². The van der Waals surface area contributed by atoms with Gasteiger partial charge in [-0.1, -0.05) is 68.3 Å². The van der Waals surface area contributed by atoms with Crippen LogP contribution in [0.15, 0.2) is 87.3 Å². The molecule has 4 nitrogen and oxygen atoms in total. The summed E-state index contributed by atoms with van der Waals surface area (Å²) in [6.45, 7) is 2.71. The van der Waals surface area contributed by atoms with Crippen molar-refractivity contribution in [3.05, 3.63) is 104 Å². The molecule has 0 aliphatic carbocycles. The molecular weight excluding hydrogens is 530 g/mol. The zero-order valence-corrected chi connectivity index (χ0v) is 20.4. The maximum absolute atomic E-state index is 12.8. The van der Waals surface area contributed by atoms with Crippen LogP contribution >= 0.6 is 31.9 Å². The standard InChI is InChI=1S/C26H19Br2N3O/c1-17-24(13-19(15-29)26(32)30-22-6-4-5-21(28)14-22)23-7-2-3-8-25(23)31(17)16-18-9-11-20(27)12-10-18/h2-14H,16H2,1H3,(H,30,32)/b19-13-. The molecule has 0 fully saturated rings. The number of hydrogen-bond acceptors (Lipinski definition) is 2. The Morgan fingerprint density at radius 3 is 2.50 bits per heavy atom. The maximum atomic E-state index is 12.8. The third-order valence-corrected chi connectivity index (χ3v) is 6.29. The van der Waals surface area contributed by atoms with Crippen molar-refractivity contribution in [2.45, 2.75) is 13.5 Å². The van der Waals surface area contributed by atoms with Gasteiger partial charge in [-0.2, -0.15) is 5.26 Å². The Labute approximate surface area is 203 Å². The van der Waals surface area contributed by atoms with Crippen molar-refractivity contribution in [2.24, 2.45) is 0 Å². The third-order valence-electron chi connectivity index (χ3n) is 5.27. The van der Waals surface area contributed by atoms with E-state index in [-0.39, 0.29) is 5.57 Å². The number of nitrogens with zero attached hydrogens (tertiary/aromatic N) is 2. The molecule has 1 N–H and O–H groups in total. The van der Waals surface area contributed by atoms with Gasteiger partial charge in [0.15, 0.2) is 0 Å². The lowest BCUT2D eigenvalue weighted by atomic mass is 10.1. The molecular formula is C26H19Br2N3O. The van der Waals surface area contributed by atoms with Gasteiger partial charge in [-0.15, -0.1) is 0 Å². The monoisotopic (exact) mass is 547 g/mol. The first kappa shape index (κ1) is 22.1. The zero-order valence-electron chi connectivity index (χ0n) is 17.3. The molecule has 0 unspecified atom stereocenters. The molecule has 32 heavy (non-hydrogen) atoms. The number of amides is 1. The molecule has 0 aliphatic rings. The van der Waals surface area contributed by atoms with Crippen molar-refractivity contribution in [1.82, 2.24) is 4.57 Å². The molecule has 0 radical (unpaired) electrons. The van der Waals surface area contributed by atoms with Crippen LogP contribution in [0.25, 0.3) is 17.0 Å². The first-order chi connectivity index (χ1) is 15.5. The predicted octanol–water partition coefficient (Wildman–Crippen LogP) is 7.07. The van der Waals surface area contributed by atoms with E-state index in [4.69, 9.17) is 0 Å². The second-order valence-corrected chi connectivity index (χ2v) is 9.19. The largest absolute Gasteiger partial charge is 0.340 e. The second-order valence-electron chi connectivity index (χ2n) is 7.36. The summed E-state index contributed by atoms with van der Waals surface area (Å²) >= 11 is 6.87. The molecule has 0 saturated carbocycles. The molecule has 0 aliphatic heterocycles. The number of para-hydroxylation sites is 1. The number of carbonyl (C=O) groups excluding carboxylic acids is 1. The van der Waals surface area contributed by atoms with E-state index in [1.807, 2.05) is 49.4 Å². The van der Waals surface area contributed by atoms with Gasteiger partial charge in [0.2, 0.25) is 0 Å². The van der Waals surface area contributed by atoms with Crippen LogP contribution < -0.4 is 5.32 Å². The summed E-state index contributed by atoms with van der Waals surface area (Å²) in [6, 6.07) is 25.6. The highest BCUT2D eigenvalue weighted by molar-refractivity contribution is 9.10. The van der Waals surface area contributed by atoms with Crippen LogP contribution in [0, 0.1) is 18.3 Å². The van der Waals surface area contributed by atoms with E-state index in [9.17, 15) is 10.1 Å². The Morgan fingerprint density at radius 2 is 1.78 bits per heavy atom. The van der Waals surface area contributed by atoms with E-state index in [2.05, 4.69) is 66.0 Å². The van der Waals surface area contributed by atoms with Gasteiger partial charge in [-0.25, -0.2) is 0 Å². The van der Waals surface area contributed by atoms with E-state index >= 15 is 0 Å². The number of aromatic nitrogens is 1. The predicted molar refractivity (Wildman–Crippen MR) is 136 cm³/mol. The average molecular weight is 549 g/mol. The maximum Gasteiger partial charge on any atom is 0.266 e. The number of hydrogen-bond donors (Lipinski definition) is 1. The highest BCUT2D eigenvalue weighted by atomic mass is 79.9. The van der Waals surface area contributed by atoms with Crippen molar-refractivity contribution in [1.29, 1.82) is 5.26 Å². The van der Waals surface area contributed by atoms with Crippen molar-refractivity contribution in [3.63, 3.8) is 0 Å². The van der Waals surface area contributed by atoms with Crippen molar-refractivity contribution >= 4 is 60.4 Å². The van der Waals surface area contributed by atoms with E-state index < -0.39 is 5.91 Å². The number of halogens is 2. The molecule has 0 spiro atoms. The first-order valence-corrected chi connectivity index (χ1v) is 11.6. The van der Waals surface area contributed by atoms with E-state index in [1.165, 1.54) is 5.56 Å². The number of nitriles is 1. The number of rotatable bonds is 5. The number of nitrogens with one attached hydrogen (secondary N) is 1. The van der Waals surface area contributed by atoms with E-state index in [0.717, 1.165) is 31.1 Å². The zero-order chi connectivity index (χ0) is 22.7. The lowest BCUT2D eigenvalue weighted by Crippen LogP contribution is -2.13. The summed E-state index contributed by atoms with van der Waals surface area (Å²) in [7, 11) is 0. The van der Waals surface area contributed by atoms with Crippen LogP contribution in [0.5, 0.6) is 0 Å². The molecule has 4 aromatic rings. The Kier molecular flexibility index (Phi) is 6.59. The summed E-state index contributed by atoms with van der Waals surface area (Å²) in [5, 5.41) is 13.5. The molecule has 1 heterocycles. The summed E-state index contributed by atoms with van der Waals surface area (Å²) < 4.78 is 4.10. The minimum absolute atomic E-state index is 0.0552. The lowest BCUT2D eigenvalue weighted by Gasteiger charge is -2.09. The normalized spacial score (nSPS) is 11.4. The molecule has 158 valence electrons. The van der Waals surface area contributed by atoms with E-state index in [1.54, 1.807) is 18.2 Å². The highest BCUT2D eigenvalue weighted by Crippen LogP contribution is 2.29. The molecule has 1 aromatic heterocycles. The topological polar surface area (TPSA) is 57.8 Å². The van der Waals surface area contributed by atoms with Gasteiger partial charge in [0, 0.05) is 43.3 Å². The Bertz CT molecular complexity index is 1380. The quantitative estimate of drug-likeness (QED) is 0.214. The SMILES string of the molecule is Cc1c(/C=C(/C#N)C(=O)Nc2cccc(Br)c2)c2ccccc2n1Cc1ccc(Br)cc1. The average Bonchev–Trinajstić information content (AvgIpc) is 3.04. The summed E-state index contributed by atoms with van der Waals surface area (Å²) in [5.41, 5.74) is 4.78. The van der Waals surface area contributed by atoms with Crippen molar-refractivity contribution < 1.29 is 4.79 Å². The summed E-state index contributed by atoms with van der Waals surface area (Å²) in [6.07, 6.45) is 1.68. The molecule has 0 bridgehead atoms. The van der Waals surface area contributed by atoms with Gasteiger partial charge in [-0.05, 0) is 55.0 Å². The Balaban J connectivity index is 1.73. The molecule has 6 heteroatoms. The van der Waals surface area contributed by atoms with Crippen LogP contribution in [0.2, 0.25) is 0 Å². The van der Waals surface area contributed by atoms with Gasteiger partial charge < -0.3 is 9.88 Å². The fourth-order valence-electron chi connectivity index (χ4n) is 3.67. The number of fused-ring (bicyclic) bond motifs is 1. The summed E-state index contributed by atoms with van der Waals surface area (Å²) in [4.78, 5) is 12.8. The van der Waals surface area contributed by atoms with Crippen LogP contribution in [0.1, 0.15) is 16.8 Å². The van der Waals surface area contributed by atoms with Crippen LogP contribution in [0.3, 0.4) is 0 Å². The minimum Gasteiger partial charge on any atom is -0.340 e. The van der Waals surface area contributed by atoms with Gasteiger partial charge >= 0.3 is 0 Å². The first-order valence-electron chi connectivity index (χ1n) is 9.97. The van der Waals surface area contributed by atoms with Gasteiger partial charge in [0.25, 0.3) is 5.91 Å². The minimum atomic E-state index is -0.435. The Hall–Kier alpha value is -3.14. The van der Waals surface area contributed by atoms with E-state index in [0.29, 0.717) is 12.2 Å². The Morgan fingerprint density at radius 1 is 1.03 bits per heavy atom. The summed E-state index contributed by atoms with van der Waals surface area (Å²) in [5.74, 6) is -0.435. The van der Waals surface area contributed by atoms with Crippen molar-refractivity contribution in [2.75, 3.05) is 5.32 Å². The number of anilines is 1. The number of carbonyl (C=O) groups is 1.